The second-order valence-electron chi connectivity index (χ2n) is 6.59. The molecule has 0 atom stereocenters. The van der Waals surface area contributed by atoms with Crippen molar-refractivity contribution in [3.8, 4) is 22.3 Å². The number of aryl methyl sites for hydroxylation is 2. The van der Waals surface area contributed by atoms with E-state index in [1.54, 1.807) is 0 Å². The summed E-state index contributed by atoms with van der Waals surface area (Å²) in [7, 11) is 0. The summed E-state index contributed by atoms with van der Waals surface area (Å²) < 4.78 is 0. The summed E-state index contributed by atoms with van der Waals surface area (Å²) in [5, 5.41) is 0. The molecule has 0 nitrogen and oxygen atoms in total. The summed E-state index contributed by atoms with van der Waals surface area (Å²) in [5.41, 5.74) is 8.60. The van der Waals surface area contributed by atoms with Crippen LogP contribution in [0.5, 0.6) is 0 Å². The van der Waals surface area contributed by atoms with Crippen molar-refractivity contribution in [1.82, 2.24) is 0 Å². The Morgan fingerprint density at radius 1 is 0.778 bits per heavy atom. The van der Waals surface area contributed by atoms with E-state index in [2.05, 4.69) is 99.7 Å². The van der Waals surface area contributed by atoms with E-state index in [1.165, 1.54) is 39.8 Å². The fourth-order valence-corrected chi connectivity index (χ4v) is 2.98. The van der Waals surface area contributed by atoms with Gasteiger partial charge in [-0.3, -0.25) is 0 Å². The van der Waals surface area contributed by atoms with E-state index in [-0.39, 0.29) is 65.4 Å². The van der Waals surface area contributed by atoms with Gasteiger partial charge >= 0.3 is 0 Å². The first kappa shape index (κ1) is 24.6. The molecule has 0 bridgehead atoms. The molecule has 0 fully saturated rings. The van der Waals surface area contributed by atoms with Crippen LogP contribution in [-0.4, -0.2) is 0 Å². The predicted octanol–water partition coefficient (Wildman–Crippen LogP) is 7.25. The van der Waals surface area contributed by atoms with Gasteiger partial charge in [-0.05, 0) is 18.9 Å². The first-order chi connectivity index (χ1) is 12.2. The molecule has 0 aromatic heterocycles. The Morgan fingerprint density at radius 2 is 1.41 bits per heavy atom. The maximum Gasteiger partial charge on any atom is 0 e. The normalized spacial score (nSPS) is 10.3. The van der Waals surface area contributed by atoms with Gasteiger partial charge in [0.1, 0.15) is 0 Å². The Bertz CT molecular complexity index is 860. The number of hydrogen-bond acceptors (Lipinski definition) is 0. The van der Waals surface area contributed by atoms with Gasteiger partial charge < -0.3 is 0 Å². The molecule has 0 unspecified atom stereocenters. The zero-order valence-electron chi connectivity index (χ0n) is 16.5. The second kappa shape index (κ2) is 12.2. The third-order valence-electron chi connectivity index (χ3n) is 4.49. The van der Waals surface area contributed by atoms with Crippen molar-refractivity contribution in [1.29, 1.82) is 0 Å². The summed E-state index contributed by atoms with van der Waals surface area (Å²) >= 11 is 0. The van der Waals surface area contributed by atoms with Crippen molar-refractivity contribution in [3.05, 3.63) is 89.5 Å². The predicted molar refractivity (Wildman–Crippen MR) is 110 cm³/mol. The van der Waals surface area contributed by atoms with E-state index in [1.807, 2.05) is 0 Å². The molecule has 0 N–H and O–H groups in total. The molecule has 3 rings (SSSR count). The maximum atomic E-state index is 3.55. The van der Waals surface area contributed by atoms with Gasteiger partial charge in [-0.2, -0.15) is 0 Å². The molecule has 0 spiro atoms. The van der Waals surface area contributed by atoms with Crippen LogP contribution < -0.4 is 0 Å². The molecule has 0 heterocycles. The molecule has 3 aromatic carbocycles. The number of allylic oxidation sites excluding steroid dienone is 1. The Morgan fingerprint density at radius 3 is 2.00 bits per heavy atom. The fourth-order valence-electron chi connectivity index (χ4n) is 2.98. The van der Waals surface area contributed by atoms with Crippen LogP contribution in [0.25, 0.3) is 28.3 Å². The van der Waals surface area contributed by atoms with Crippen molar-refractivity contribution in [2.24, 2.45) is 0 Å². The number of benzene rings is 3. The summed E-state index contributed by atoms with van der Waals surface area (Å²) in [6, 6.07) is 25.3. The van der Waals surface area contributed by atoms with E-state index in [0.717, 1.165) is 12.0 Å². The molecular formula is C25H25Y2-. The summed E-state index contributed by atoms with van der Waals surface area (Å²) in [6.45, 7) is 6.46. The standard InChI is InChI=1S/C25H25.2Y/c1-4-5-6-7-21-10-14-23(15-11-21)25-17-16-24(18-20(25)3)22-12-8-19(2)9-13-22;;/h6-17H,4-5H2,1-3H3;;/q-1;;/b7-6+;;. The maximum absolute atomic E-state index is 3.55. The molecule has 0 aliphatic heterocycles. The van der Waals surface area contributed by atoms with Gasteiger partial charge in [0.05, 0.1) is 0 Å². The van der Waals surface area contributed by atoms with Gasteiger partial charge in [-0.1, -0.05) is 103 Å². The number of rotatable bonds is 5. The Balaban J connectivity index is 0.00000182. The van der Waals surface area contributed by atoms with Crippen LogP contribution in [-0.2, 0) is 65.4 Å². The summed E-state index contributed by atoms with van der Waals surface area (Å²) in [6.07, 6.45) is 6.77. The molecule has 0 aliphatic carbocycles. The molecule has 27 heavy (non-hydrogen) atoms. The monoisotopic (exact) mass is 503 g/mol. The van der Waals surface area contributed by atoms with Gasteiger partial charge in [-0.15, -0.1) is 29.3 Å². The average Bonchev–Trinajstić information content (AvgIpc) is 2.63. The van der Waals surface area contributed by atoms with Crippen molar-refractivity contribution in [3.63, 3.8) is 0 Å². The quantitative estimate of drug-likeness (QED) is 0.322. The van der Waals surface area contributed by atoms with Crippen molar-refractivity contribution in [2.75, 3.05) is 0 Å². The van der Waals surface area contributed by atoms with E-state index >= 15 is 0 Å². The number of unbranched alkanes of at least 4 members (excludes halogenated alkanes) is 1. The summed E-state index contributed by atoms with van der Waals surface area (Å²) in [4.78, 5) is 0. The van der Waals surface area contributed by atoms with Crippen LogP contribution >= 0.6 is 0 Å². The van der Waals surface area contributed by atoms with Gasteiger partial charge in [0.15, 0.2) is 0 Å². The molecule has 3 aromatic rings. The zero-order valence-corrected chi connectivity index (χ0v) is 22.2. The van der Waals surface area contributed by atoms with Gasteiger partial charge in [0, 0.05) is 65.4 Å². The minimum Gasteiger partial charge on any atom is -0.143 e. The van der Waals surface area contributed by atoms with Crippen molar-refractivity contribution < 1.29 is 65.4 Å². The van der Waals surface area contributed by atoms with Crippen LogP contribution in [0.2, 0.25) is 0 Å². The largest absolute Gasteiger partial charge is 0.143 e. The molecular weight excluding hydrogens is 478 g/mol. The van der Waals surface area contributed by atoms with E-state index in [0.29, 0.717) is 0 Å². The van der Waals surface area contributed by atoms with E-state index in [4.69, 9.17) is 0 Å². The second-order valence-corrected chi connectivity index (χ2v) is 6.59. The van der Waals surface area contributed by atoms with Crippen LogP contribution in [0.4, 0.5) is 0 Å². The Kier molecular flexibility index (Phi) is 11.2. The van der Waals surface area contributed by atoms with E-state index < -0.39 is 0 Å². The number of hydrogen-bond donors (Lipinski definition) is 0. The zero-order chi connectivity index (χ0) is 17.6. The Labute approximate surface area is 214 Å². The average molecular weight is 503 g/mol. The third kappa shape index (κ3) is 6.86. The molecule has 0 amide bonds. The minimum absolute atomic E-state index is 0. The minimum atomic E-state index is 0. The smallest absolute Gasteiger partial charge is 0 e. The van der Waals surface area contributed by atoms with Crippen LogP contribution in [0.15, 0.2) is 66.7 Å². The van der Waals surface area contributed by atoms with Crippen molar-refractivity contribution in [2.45, 2.75) is 33.6 Å². The SMILES string of the molecule is CCC/C=C/c1ccc(-c2ccc(-c3ccc(C)cc3)[c-]c2C)cc1.[Y].[Y]. The topological polar surface area (TPSA) is 0 Å². The van der Waals surface area contributed by atoms with E-state index in [9.17, 15) is 0 Å². The fraction of sp³-hybridized carbons (Fsp3) is 0.200. The molecule has 2 heteroatoms. The van der Waals surface area contributed by atoms with Gasteiger partial charge in [-0.25, -0.2) is 0 Å². The van der Waals surface area contributed by atoms with Gasteiger partial charge in [0.2, 0.25) is 0 Å². The molecule has 2 radical (unpaired) electrons. The Hall–Kier alpha value is -0.392. The van der Waals surface area contributed by atoms with Crippen LogP contribution in [0, 0.1) is 19.9 Å². The van der Waals surface area contributed by atoms with Gasteiger partial charge in [0.25, 0.3) is 0 Å². The molecule has 0 saturated carbocycles. The van der Waals surface area contributed by atoms with Crippen molar-refractivity contribution >= 4 is 6.08 Å². The molecule has 0 aliphatic rings. The molecule has 0 saturated heterocycles. The van der Waals surface area contributed by atoms with Crippen LogP contribution in [0.3, 0.4) is 0 Å². The first-order valence-corrected chi connectivity index (χ1v) is 9.04. The third-order valence-corrected chi connectivity index (χ3v) is 4.49. The van der Waals surface area contributed by atoms with Crippen LogP contribution in [0.1, 0.15) is 36.5 Å². The first-order valence-electron chi connectivity index (χ1n) is 9.04. The molecule has 132 valence electrons. The summed E-state index contributed by atoms with van der Waals surface area (Å²) in [5.74, 6) is 0.